The normalized spacial score (nSPS) is 15.1. The van der Waals surface area contributed by atoms with Crippen molar-refractivity contribution in [2.75, 3.05) is 13.2 Å². The lowest BCUT2D eigenvalue weighted by molar-refractivity contribution is 0.0918. The molecule has 1 aliphatic heterocycles. The molecule has 0 fully saturated rings. The van der Waals surface area contributed by atoms with Crippen LogP contribution in [0.25, 0.3) is 5.69 Å². The van der Waals surface area contributed by atoms with Crippen molar-refractivity contribution in [3.63, 3.8) is 0 Å². The summed E-state index contributed by atoms with van der Waals surface area (Å²) in [4.78, 5) is 12.1. The van der Waals surface area contributed by atoms with Crippen LogP contribution in [0.2, 0.25) is 5.02 Å². The number of nitrogens with zero attached hydrogens (tertiary/aromatic N) is 2. The minimum Gasteiger partial charge on any atom is -0.486 e. The average molecular weight is 399 g/mol. The summed E-state index contributed by atoms with van der Waals surface area (Å²) < 4.78 is 13.2. The molecule has 0 spiro atoms. The first kappa shape index (κ1) is 18.2. The zero-order valence-corrected chi connectivity index (χ0v) is 15.7. The summed E-state index contributed by atoms with van der Waals surface area (Å²) >= 11 is 5.90. The highest BCUT2D eigenvalue weighted by Gasteiger charge is 2.20. The molecule has 3 aromatic rings. The fourth-order valence-corrected chi connectivity index (χ4v) is 2.93. The van der Waals surface area contributed by atoms with Gasteiger partial charge in [-0.15, -0.1) is 0 Å². The van der Waals surface area contributed by atoms with E-state index in [-0.39, 0.29) is 12.1 Å². The topological polar surface area (TPSA) is 77.4 Å². The van der Waals surface area contributed by atoms with Gasteiger partial charge < -0.3 is 20.1 Å². The van der Waals surface area contributed by atoms with Crippen LogP contribution >= 0.6 is 11.6 Å². The predicted octanol–water partition coefficient (Wildman–Crippen LogP) is 3.16. The number of nitrogens with one attached hydrogen (secondary N) is 2. The zero-order chi connectivity index (χ0) is 19.3. The van der Waals surface area contributed by atoms with Crippen LogP contribution in [-0.4, -0.2) is 35.1 Å². The maximum Gasteiger partial charge on any atom is 0.315 e. The second-order valence-corrected chi connectivity index (χ2v) is 6.77. The summed E-state index contributed by atoms with van der Waals surface area (Å²) in [5, 5.41) is 10.6. The van der Waals surface area contributed by atoms with Gasteiger partial charge in [0.05, 0.1) is 18.4 Å². The number of ether oxygens (including phenoxy) is 2. The van der Waals surface area contributed by atoms with Crippen LogP contribution in [0.5, 0.6) is 11.5 Å². The molecular weight excluding hydrogens is 380 g/mol. The maximum absolute atomic E-state index is 12.1. The van der Waals surface area contributed by atoms with Gasteiger partial charge in [-0.3, -0.25) is 0 Å². The van der Waals surface area contributed by atoms with Crippen LogP contribution in [0.15, 0.2) is 60.9 Å². The third kappa shape index (κ3) is 4.37. The van der Waals surface area contributed by atoms with Gasteiger partial charge in [0.25, 0.3) is 0 Å². The van der Waals surface area contributed by atoms with E-state index < -0.39 is 0 Å². The van der Waals surface area contributed by atoms with E-state index in [4.69, 9.17) is 21.1 Å². The van der Waals surface area contributed by atoms with Gasteiger partial charge in [0.1, 0.15) is 6.61 Å². The highest BCUT2D eigenvalue weighted by molar-refractivity contribution is 6.30. The number of fused-ring (bicyclic) bond motifs is 1. The molecule has 4 rings (SSSR count). The quantitative estimate of drug-likeness (QED) is 0.692. The Kier molecular flexibility index (Phi) is 5.34. The number of benzene rings is 2. The highest BCUT2D eigenvalue weighted by atomic mass is 35.5. The lowest BCUT2D eigenvalue weighted by Crippen LogP contribution is -2.44. The molecule has 0 saturated carbocycles. The van der Waals surface area contributed by atoms with E-state index in [0.717, 1.165) is 17.0 Å². The van der Waals surface area contributed by atoms with Crippen LogP contribution in [0.3, 0.4) is 0 Å². The fourth-order valence-electron chi connectivity index (χ4n) is 2.80. The van der Waals surface area contributed by atoms with Crippen molar-refractivity contribution in [1.29, 1.82) is 0 Å². The SMILES string of the molecule is O=C(NCc1cnn(-c2ccc(Cl)cc2)c1)NCC1COc2ccccc2O1. The Morgan fingerprint density at radius 1 is 1.14 bits per heavy atom. The van der Waals surface area contributed by atoms with Gasteiger partial charge in [0.2, 0.25) is 0 Å². The molecule has 0 saturated heterocycles. The molecule has 28 heavy (non-hydrogen) atoms. The van der Waals surface area contributed by atoms with Crippen molar-refractivity contribution in [3.05, 3.63) is 71.5 Å². The zero-order valence-electron chi connectivity index (χ0n) is 15.0. The van der Waals surface area contributed by atoms with E-state index in [2.05, 4.69) is 15.7 Å². The molecule has 2 heterocycles. The number of carbonyl (C=O) groups is 1. The number of urea groups is 1. The number of hydrogen-bond donors (Lipinski definition) is 2. The van der Waals surface area contributed by atoms with Crippen molar-refractivity contribution >= 4 is 17.6 Å². The molecule has 144 valence electrons. The summed E-state index contributed by atoms with van der Waals surface area (Å²) in [5.41, 5.74) is 1.78. The first-order chi connectivity index (χ1) is 13.7. The molecule has 0 radical (unpaired) electrons. The summed E-state index contributed by atoms with van der Waals surface area (Å²) in [6.07, 6.45) is 3.34. The van der Waals surface area contributed by atoms with Crippen LogP contribution in [0, 0.1) is 0 Å². The van der Waals surface area contributed by atoms with Gasteiger partial charge >= 0.3 is 6.03 Å². The summed E-state index contributed by atoms with van der Waals surface area (Å²) in [5.74, 6) is 1.41. The molecule has 1 atom stereocenters. The Labute approximate surface area is 167 Å². The number of carbonyl (C=O) groups excluding carboxylic acids is 1. The lowest BCUT2D eigenvalue weighted by atomic mass is 10.2. The molecule has 1 unspecified atom stereocenters. The Morgan fingerprint density at radius 2 is 1.93 bits per heavy atom. The molecule has 2 N–H and O–H groups in total. The molecule has 1 aromatic heterocycles. The molecule has 7 nitrogen and oxygen atoms in total. The number of halogens is 1. The van der Waals surface area contributed by atoms with Crippen molar-refractivity contribution in [2.45, 2.75) is 12.6 Å². The second-order valence-electron chi connectivity index (χ2n) is 6.33. The predicted molar refractivity (Wildman–Crippen MR) is 105 cm³/mol. The van der Waals surface area contributed by atoms with Crippen molar-refractivity contribution in [2.24, 2.45) is 0 Å². The third-order valence-electron chi connectivity index (χ3n) is 4.24. The molecule has 0 bridgehead atoms. The Bertz CT molecular complexity index is 958. The summed E-state index contributed by atoms with van der Waals surface area (Å²) in [7, 11) is 0. The molecule has 1 aliphatic rings. The first-order valence-electron chi connectivity index (χ1n) is 8.87. The van der Waals surface area contributed by atoms with Crippen molar-refractivity contribution in [1.82, 2.24) is 20.4 Å². The second kappa shape index (κ2) is 8.22. The van der Waals surface area contributed by atoms with Gasteiger partial charge in [-0.1, -0.05) is 23.7 Å². The van der Waals surface area contributed by atoms with E-state index in [1.165, 1.54) is 0 Å². The third-order valence-corrected chi connectivity index (χ3v) is 4.49. The van der Waals surface area contributed by atoms with Crippen LogP contribution in [-0.2, 0) is 6.54 Å². The highest BCUT2D eigenvalue weighted by Crippen LogP contribution is 2.30. The number of aromatic nitrogens is 2. The Hall–Kier alpha value is -3.19. The number of amides is 2. The van der Waals surface area contributed by atoms with Crippen LogP contribution < -0.4 is 20.1 Å². The van der Waals surface area contributed by atoms with E-state index >= 15 is 0 Å². The monoisotopic (exact) mass is 398 g/mol. The van der Waals surface area contributed by atoms with Crippen molar-refractivity contribution < 1.29 is 14.3 Å². The Balaban J connectivity index is 1.24. The van der Waals surface area contributed by atoms with Gasteiger partial charge in [0.15, 0.2) is 17.6 Å². The molecule has 2 amide bonds. The van der Waals surface area contributed by atoms with E-state index in [9.17, 15) is 4.79 Å². The molecule has 2 aromatic carbocycles. The summed E-state index contributed by atoms with van der Waals surface area (Å²) in [6.45, 7) is 1.11. The lowest BCUT2D eigenvalue weighted by Gasteiger charge is -2.26. The Morgan fingerprint density at radius 3 is 2.75 bits per heavy atom. The summed E-state index contributed by atoms with van der Waals surface area (Å²) in [6, 6.07) is 14.6. The minimum absolute atomic E-state index is 0.228. The number of para-hydroxylation sites is 2. The van der Waals surface area contributed by atoms with Gasteiger partial charge in [-0.2, -0.15) is 5.10 Å². The van der Waals surface area contributed by atoms with E-state index in [1.807, 2.05) is 42.6 Å². The van der Waals surface area contributed by atoms with Gasteiger partial charge in [-0.05, 0) is 36.4 Å². The average Bonchev–Trinajstić information content (AvgIpc) is 3.20. The number of hydrogen-bond acceptors (Lipinski definition) is 4. The fraction of sp³-hybridized carbons (Fsp3) is 0.200. The minimum atomic E-state index is -0.276. The van der Waals surface area contributed by atoms with Gasteiger partial charge in [0, 0.05) is 23.3 Å². The largest absolute Gasteiger partial charge is 0.486 e. The van der Waals surface area contributed by atoms with Gasteiger partial charge in [-0.25, -0.2) is 9.48 Å². The van der Waals surface area contributed by atoms with E-state index in [0.29, 0.717) is 30.5 Å². The molecule has 8 heteroatoms. The first-order valence-corrected chi connectivity index (χ1v) is 9.25. The van der Waals surface area contributed by atoms with Crippen LogP contribution in [0.1, 0.15) is 5.56 Å². The maximum atomic E-state index is 12.1. The van der Waals surface area contributed by atoms with Crippen LogP contribution in [0.4, 0.5) is 4.79 Å². The molecule has 0 aliphatic carbocycles. The van der Waals surface area contributed by atoms with Crippen molar-refractivity contribution in [3.8, 4) is 17.2 Å². The smallest absolute Gasteiger partial charge is 0.315 e. The molecular formula is C20H19ClN4O3. The number of rotatable bonds is 5. The van der Waals surface area contributed by atoms with E-state index in [1.54, 1.807) is 23.0 Å². The standard InChI is InChI=1S/C20H19ClN4O3/c21-15-5-7-16(8-6-15)25-12-14(10-24-25)9-22-20(26)23-11-17-13-27-18-3-1-2-4-19(18)28-17/h1-8,10,12,17H,9,11,13H2,(H2,22,23,26).